The van der Waals surface area contributed by atoms with Gasteiger partial charge in [0.05, 0.1) is 31.5 Å². The molecule has 6 heteroatoms. The fourth-order valence-electron chi connectivity index (χ4n) is 4.10. The lowest BCUT2D eigenvalue weighted by atomic mass is 9.92. The molecule has 3 atom stereocenters. The number of rotatable bonds is 5. The standard InChI is InChI=1S/C23H28N2O4/c1-28-17-12-10-16(11-13-17)14-25-15-22(29-21-9-5-3-7-19(21)25)23(27)24-18-6-2-4-8-20(18)26/h3,5,7,9-13,18,20,22,26H,2,4,6,8,14-15H2,1H3,(H,24,27)/t18-,20-,22+/m0/s1. The Morgan fingerprint density at radius 3 is 2.69 bits per heavy atom. The number of benzene rings is 2. The van der Waals surface area contributed by atoms with Gasteiger partial charge in [-0.05, 0) is 42.7 Å². The van der Waals surface area contributed by atoms with E-state index < -0.39 is 12.2 Å². The summed E-state index contributed by atoms with van der Waals surface area (Å²) >= 11 is 0. The van der Waals surface area contributed by atoms with Gasteiger partial charge in [0.25, 0.3) is 5.91 Å². The van der Waals surface area contributed by atoms with E-state index in [1.165, 1.54) is 0 Å². The van der Waals surface area contributed by atoms with Crippen LogP contribution < -0.4 is 19.7 Å². The van der Waals surface area contributed by atoms with Crippen LogP contribution in [0.25, 0.3) is 0 Å². The Balaban J connectivity index is 1.49. The van der Waals surface area contributed by atoms with Crippen molar-refractivity contribution in [3.05, 3.63) is 54.1 Å². The van der Waals surface area contributed by atoms with E-state index in [1.807, 2.05) is 48.5 Å². The second-order valence-corrected chi connectivity index (χ2v) is 7.77. The van der Waals surface area contributed by atoms with Gasteiger partial charge < -0.3 is 24.8 Å². The van der Waals surface area contributed by atoms with Gasteiger partial charge in [0.2, 0.25) is 0 Å². The fourth-order valence-corrected chi connectivity index (χ4v) is 4.10. The summed E-state index contributed by atoms with van der Waals surface area (Å²) in [7, 11) is 1.65. The van der Waals surface area contributed by atoms with Crippen LogP contribution in [-0.4, -0.2) is 42.9 Å². The van der Waals surface area contributed by atoms with Crippen molar-refractivity contribution in [1.29, 1.82) is 0 Å². The maximum absolute atomic E-state index is 12.9. The fraction of sp³-hybridized carbons (Fsp3) is 0.435. The van der Waals surface area contributed by atoms with Crippen LogP contribution in [0.15, 0.2) is 48.5 Å². The van der Waals surface area contributed by atoms with E-state index in [0.717, 1.165) is 42.7 Å². The van der Waals surface area contributed by atoms with E-state index in [-0.39, 0.29) is 11.9 Å². The number of hydrogen-bond acceptors (Lipinski definition) is 5. The van der Waals surface area contributed by atoms with E-state index in [0.29, 0.717) is 18.8 Å². The number of hydrogen-bond donors (Lipinski definition) is 2. The number of carbonyl (C=O) groups excluding carboxylic acids is 1. The Morgan fingerprint density at radius 2 is 1.93 bits per heavy atom. The second kappa shape index (κ2) is 8.74. The van der Waals surface area contributed by atoms with Crippen LogP contribution in [0.3, 0.4) is 0 Å². The maximum Gasteiger partial charge on any atom is 0.263 e. The Bertz CT molecular complexity index is 839. The minimum atomic E-state index is -0.614. The average Bonchev–Trinajstić information content (AvgIpc) is 2.76. The quantitative estimate of drug-likeness (QED) is 0.813. The first-order valence-corrected chi connectivity index (χ1v) is 10.3. The highest BCUT2D eigenvalue weighted by Crippen LogP contribution is 2.34. The molecular weight excluding hydrogens is 368 g/mol. The topological polar surface area (TPSA) is 71.0 Å². The second-order valence-electron chi connectivity index (χ2n) is 7.77. The molecule has 0 unspecified atom stereocenters. The number of amides is 1. The van der Waals surface area contributed by atoms with Gasteiger partial charge in [-0.3, -0.25) is 4.79 Å². The summed E-state index contributed by atoms with van der Waals surface area (Å²) in [5.41, 5.74) is 2.11. The lowest BCUT2D eigenvalue weighted by Crippen LogP contribution is -2.54. The van der Waals surface area contributed by atoms with Crippen molar-refractivity contribution in [3.63, 3.8) is 0 Å². The molecule has 1 heterocycles. The molecule has 0 bridgehead atoms. The molecular formula is C23H28N2O4. The molecule has 2 aromatic carbocycles. The molecule has 4 rings (SSSR count). The van der Waals surface area contributed by atoms with Gasteiger partial charge in [-0.25, -0.2) is 0 Å². The van der Waals surface area contributed by atoms with Crippen molar-refractivity contribution in [2.24, 2.45) is 0 Å². The van der Waals surface area contributed by atoms with Crippen LogP contribution in [0.2, 0.25) is 0 Å². The average molecular weight is 396 g/mol. The summed E-state index contributed by atoms with van der Waals surface area (Å²) in [4.78, 5) is 15.1. The van der Waals surface area contributed by atoms with Gasteiger partial charge in [0.15, 0.2) is 6.10 Å². The zero-order chi connectivity index (χ0) is 20.2. The number of carbonyl (C=O) groups is 1. The lowest BCUT2D eigenvalue weighted by molar-refractivity contribution is -0.129. The van der Waals surface area contributed by atoms with Crippen molar-refractivity contribution in [3.8, 4) is 11.5 Å². The molecule has 1 fully saturated rings. The smallest absolute Gasteiger partial charge is 0.263 e. The van der Waals surface area contributed by atoms with Crippen LogP contribution in [0.1, 0.15) is 31.2 Å². The highest BCUT2D eigenvalue weighted by atomic mass is 16.5. The Morgan fingerprint density at radius 1 is 1.17 bits per heavy atom. The van der Waals surface area contributed by atoms with Crippen molar-refractivity contribution >= 4 is 11.6 Å². The summed E-state index contributed by atoms with van der Waals surface area (Å²) in [6, 6.07) is 15.6. The van der Waals surface area contributed by atoms with Crippen molar-refractivity contribution in [1.82, 2.24) is 5.32 Å². The van der Waals surface area contributed by atoms with E-state index in [9.17, 15) is 9.90 Å². The third-order valence-electron chi connectivity index (χ3n) is 5.74. The molecule has 1 aliphatic carbocycles. The third-order valence-corrected chi connectivity index (χ3v) is 5.74. The number of nitrogens with one attached hydrogen (secondary N) is 1. The summed E-state index contributed by atoms with van der Waals surface area (Å²) in [6.45, 7) is 1.12. The van der Waals surface area contributed by atoms with Crippen LogP contribution in [0.5, 0.6) is 11.5 Å². The normalized spacial score (nSPS) is 23.7. The largest absolute Gasteiger partial charge is 0.497 e. The lowest BCUT2D eigenvalue weighted by Gasteiger charge is -2.37. The first-order valence-electron chi connectivity index (χ1n) is 10.3. The summed E-state index contributed by atoms with van der Waals surface area (Å²) in [6.07, 6.45) is 2.50. The first-order chi connectivity index (χ1) is 14.1. The van der Waals surface area contributed by atoms with Crippen molar-refractivity contribution < 1.29 is 19.4 Å². The van der Waals surface area contributed by atoms with Crippen molar-refractivity contribution in [2.45, 2.75) is 50.5 Å². The van der Waals surface area contributed by atoms with E-state index >= 15 is 0 Å². The minimum absolute atomic E-state index is 0.162. The number of aliphatic hydroxyl groups excluding tert-OH is 1. The van der Waals surface area contributed by atoms with Crippen LogP contribution in [-0.2, 0) is 11.3 Å². The van der Waals surface area contributed by atoms with Gasteiger partial charge in [-0.2, -0.15) is 0 Å². The number of anilines is 1. The number of para-hydroxylation sites is 2. The molecule has 0 saturated heterocycles. The molecule has 0 aromatic heterocycles. The molecule has 2 N–H and O–H groups in total. The SMILES string of the molecule is COc1ccc(CN2C[C@H](C(=O)N[C@H]3CCCC[C@@H]3O)Oc3ccccc32)cc1. The summed E-state index contributed by atoms with van der Waals surface area (Å²) in [5.74, 6) is 1.36. The number of fused-ring (bicyclic) bond motifs is 1. The molecule has 2 aromatic rings. The van der Waals surface area contributed by atoms with E-state index in [4.69, 9.17) is 9.47 Å². The molecule has 6 nitrogen and oxygen atoms in total. The Labute approximate surface area is 171 Å². The third kappa shape index (κ3) is 4.48. The number of nitrogens with zero attached hydrogens (tertiary/aromatic N) is 1. The molecule has 0 spiro atoms. The number of methoxy groups -OCH3 is 1. The predicted molar refractivity (Wildman–Crippen MR) is 111 cm³/mol. The molecule has 2 aliphatic rings. The Kier molecular flexibility index (Phi) is 5.90. The number of aliphatic hydroxyl groups is 1. The highest BCUT2D eigenvalue weighted by molar-refractivity contribution is 5.83. The molecule has 29 heavy (non-hydrogen) atoms. The maximum atomic E-state index is 12.9. The highest BCUT2D eigenvalue weighted by Gasteiger charge is 2.33. The molecule has 154 valence electrons. The number of ether oxygens (including phenoxy) is 2. The first kappa shape index (κ1) is 19.6. The summed E-state index contributed by atoms with van der Waals surface area (Å²) in [5, 5.41) is 13.2. The minimum Gasteiger partial charge on any atom is -0.497 e. The van der Waals surface area contributed by atoms with Gasteiger partial charge in [0.1, 0.15) is 11.5 Å². The zero-order valence-corrected chi connectivity index (χ0v) is 16.7. The Hall–Kier alpha value is -2.73. The van der Waals surface area contributed by atoms with Crippen LogP contribution in [0, 0.1) is 0 Å². The van der Waals surface area contributed by atoms with Crippen molar-refractivity contribution in [2.75, 3.05) is 18.6 Å². The van der Waals surface area contributed by atoms with Crippen LogP contribution >= 0.6 is 0 Å². The van der Waals surface area contributed by atoms with E-state index in [1.54, 1.807) is 7.11 Å². The van der Waals surface area contributed by atoms with Gasteiger partial charge in [-0.15, -0.1) is 0 Å². The van der Waals surface area contributed by atoms with E-state index in [2.05, 4.69) is 10.2 Å². The van der Waals surface area contributed by atoms with Gasteiger partial charge in [0, 0.05) is 6.54 Å². The van der Waals surface area contributed by atoms with Gasteiger partial charge >= 0.3 is 0 Å². The predicted octanol–water partition coefficient (Wildman–Crippen LogP) is 2.88. The molecule has 1 saturated carbocycles. The molecule has 0 radical (unpaired) electrons. The molecule has 1 amide bonds. The summed E-state index contributed by atoms with van der Waals surface area (Å²) < 4.78 is 11.3. The molecule has 1 aliphatic heterocycles. The van der Waals surface area contributed by atoms with Crippen LogP contribution in [0.4, 0.5) is 5.69 Å². The zero-order valence-electron chi connectivity index (χ0n) is 16.7. The van der Waals surface area contributed by atoms with Gasteiger partial charge in [-0.1, -0.05) is 37.1 Å². The monoisotopic (exact) mass is 396 g/mol.